The van der Waals surface area contributed by atoms with Crippen LogP contribution in [-0.4, -0.2) is 83.8 Å². The zero-order valence-corrected chi connectivity index (χ0v) is 34.2. The van der Waals surface area contributed by atoms with E-state index in [0.29, 0.717) is 36.5 Å². The maximum atomic E-state index is 14.2. The number of halogens is 3. The van der Waals surface area contributed by atoms with E-state index in [2.05, 4.69) is 43.1 Å². The molecule has 0 bridgehead atoms. The van der Waals surface area contributed by atoms with Gasteiger partial charge < -0.3 is 30.5 Å². The largest absolute Gasteiger partial charge is 0.489 e. The van der Waals surface area contributed by atoms with Crippen molar-refractivity contribution in [3.63, 3.8) is 0 Å². The van der Waals surface area contributed by atoms with Gasteiger partial charge in [-0.05, 0) is 88.0 Å². The van der Waals surface area contributed by atoms with Crippen LogP contribution < -0.4 is 30.9 Å². The molecule has 4 aromatic rings. The number of hydrogen-bond acceptors (Lipinski definition) is 10. The number of fused-ring (bicyclic) bond motifs is 1. The molecule has 3 aliphatic rings. The third-order valence-corrected chi connectivity index (χ3v) is 11.3. The number of imide groups is 1. The van der Waals surface area contributed by atoms with E-state index in [-0.39, 0.29) is 53.1 Å². The fourth-order valence-corrected chi connectivity index (χ4v) is 8.27. The first-order chi connectivity index (χ1) is 28.6. The Morgan fingerprint density at radius 3 is 2.43 bits per heavy atom. The minimum absolute atomic E-state index is 0.143. The van der Waals surface area contributed by atoms with Gasteiger partial charge in [-0.3, -0.25) is 29.4 Å². The van der Waals surface area contributed by atoms with Gasteiger partial charge in [-0.1, -0.05) is 24.3 Å². The first-order valence-electron chi connectivity index (χ1n) is 20.1. The molecule has 1 atom stereocenters. The molecule has 0 spiro atoms. The third kappa shape index (κ3) is 8.88. The second kappa shape index (κ2) is 17.2. The molecule has 316 valence electrons. The van der Waals surface area contributed by atoms with Crippen LogP contribution in [0, 0.1) is 6.92 Å². The number of nitrogens with one attached hydrogen (secondary N) is 4. The van der Waals surface area contributed by atoms with Crippen LogP contribution >= 0.6 is 0 Å². The lowest BCUT2D eigenvalue weighted by molar-refractivity contribution is -0.138. The molecule has 1 aromatic heterocycles. The zero-order valence-electron chi connectivity index (χ0n) is 34.2. The highest BCUT2D eigenvalue weighted by Crippen LogP contribution is 2.41. The summed E-state index contributed by atoms with van der Waals surface area (Å²) < 4.78 is 48.8. The lowest BCUT2D eigenvalue weighted by Gasteiger charge is -2.39. The van der Waals surface area contributed by atoms with Crippen molar-refractivity contribution in [2.24, 2.45) is 0 Å². The second-order valence-corrected chi connectivity index (χ2v) is 15.8. The Hall–Kier alpha value is -6.16. The number of aryl methyl sites for hydroxylation is 1. The van der Waals surface area contributed by atoms with Gasteiger partial charge in [0.05, 0.1) is 34.3 Å². The van der Waals surface area contributed by atoms with Crippen molar-refractivity contribution in [2.75, 3.05) is 42.7 Å². The maximum Gasteiger partial charge on any atom is 0.419 e. The number of hydrogen-bond donors (Lipinski definition) is 4. The van der Waals surface area contributed by atoms with E-state index in [1.165, 1.54) is 25.2 Å². The number of para-hydroxylation sites is 1. The molecular weight excluding hydrogens is 778 g/mol. The number of ether oxygens (including phenoxy) is 1. The molecule has 60 heavy (non-hydrogen) atoms. The van der Waals surface area contributed by atoms with Crippen LogP contribution in [0.25, 0.3) is 0 Å². The van der Waals surface area contributed by atoms with Crippen LogP contribution in [0.5, 0.6) is 5.75 Å². The third-order valence-electron chi connectivity index (χ3n) is 11.3. The van der Waals surface area contributed by atoms with Gasteiger partial charge in [-0.25, -0.2) is 4.98 Å². The number of rotatable bonds is 12. The van der Waals surface area contributed by atoms with Crippen LogP contribution in [0.1, 0.15) is 82.5 Å². The summed E-state index contributed by atoms with van der Waals surface area (Å²) in [5.74, 6) is -0.717. The first kappa shape index (κ1) is 42.0. The summed E-state index contributed by atoms with van der Waals surface area (Å²) in [6.07, 6.45) is -1.89. The number of piperidine rings is 2. The fraction of sp³-hybridized carbons (Fsp3) is 0.386. The van der Waals surface area contributed by atoms with Crippen molar-refractivity contribution in [3.8, 4) is 5.75 Å². The Morgan fingerprint density at radius 2 is 1.73 bits per heavy atom. The van der Waals surface area contributed by atoms with Gasteiger partial charge >= 0.3 is 6.18 Å². The van der Waals surface area contributed by atoms with Crippen LogP contribution in [0.4, 0.5) is 41.7 Å². The summed E-state index contributed by atoms with van der Waals surface area (Å²) in [4.78, 5) is 60.5. The van der Waals surface area contributed by atoms with Gasteiger partial charge in [-0.2, -0.15) is 13.2 Å². The first-order valence-corrected chi connectivity index (χ1v) is 20.1. The van der Waals surface area contributed by atoms with E-state index >= 15 is 0 Å². The van der Waals surface area contributed by atoms with E-state index in [1.807, 2.05) is 45.0 Å². The maximum absolute atomic E-state index is 14.2. The summed E-state index contributed by atoms with van der Waals surface area (Å²) in [7, 11) is 3.54. The Kier molecular flexibility index (Phi) is 12.0. The number of carbonyl (C=O) groups excluding carboxylic acids is 4. The van der Waals surface area contributed by atoms with Crippen LogP contribution in [-0.2, 0) is 28.9 Å². The fourth-order valence-electron chi connectivity index (χ4n) is 8.27. The standard InChI is InChI=1S/C44H49F3N8O5/c1-25(2)60-38-21-37(26(3)19-35(38)51-39-20-34(32(22-49-39)44(45,46)47)50-33-12-7-6-10-30(33)41(57)48-4)54-17-15-28(16-18-54)53(5)23-27-9-8-11-29-31(27)24-55(43(29)59)36-13-14-40(56)52-42(36)58/h6-12,19-22,25,28,36H,13-18,23-24H2,1-5H3,(H,48,57)(H2,49,50,51)(H,52,56,58). The highest BCUT2D eigenvalue weighted by molar-refractivity contribution is 6.05. The second-order valence-electron chi connectivity index (χ2n) is 15.8. The quantitative estimate of drug-likeness (QED) is 0.111. The summed E-state index contributed by atoms with van der Waals surface area (Å²) in [6.45, 7) is 8.28. The van der Waals surface area contributed by atoms with E-state index in [4.69, 9.17) is 4.74 Å². The number of amides is 4. The number of pyridine rings is 1. The average Bonchev–Trinajstić information content (AvgIpc) is 3.54. The van der Waals surface area contributed by atoms with Gasteiger partial charge in [0.1, 0.15) is 17.6 Å². The zero-order chi connectivity index (χ0) is 42.9. The number of alkyl halides is 3. The van der Waals surface area contributed by atoms with Crippen LogP contribution in [0.15, 0.2) is 66.9 Å². The van der Waals surface area contributed by atoms with Gasteiger partial charge in [0.15, 0.2) is 0 Å². The average molecular weight is 827 g/mol. The minimum atomic E-state index is -4.72. The number of benzene rings is 3. The Labute approximate surface area is 346 Å². The molecule has 3 aliphatic heterocycles. The molecule has 4 heterocycles. The minimum Gasteiger partial charge on any atom is -0.489 e. The monoisotopic (exact) mass is 826 g/mol. The van der Waals surface area contributed by atoms with Crippen molar-refractivity contribution < 1.29 is 37.1 Å². The van der Waals surface area contributed by atoms with E-state index in [1.54, 1.807) is 23.1 Å². The molecule has 16 heteroatoms. The molecule has 1 unspecified atom stereocenters. The van der Waals surface area contributed by atoms with Crippen molar-refractivity contribution in [1.29, 1.82) is 0 Å². The highest BCUT2D eigenvalue weighted by Gasteiger charge is 2.40. The molecule has 7 rings (SSSR count). The molecule has 13 nitrogen and oxygen atoms in total. The summed E-state index contributed by atoms with van der Waals surface area (Å²) in [5.41, 5.74) is 4.15. The Bertz CT molecular complexity index is 2310. The number of carbonyl (C=O) groups is 4. The van der Waals surface area contributed by atoms with E-state index < -0.39 is 29.6 Å². The molecule has 3 aromatic carbocycles. The number of anilines is 5. The lowest BCUT2D eigenvalue weighted by Crippen LogP contribution is -2.52. The smallest absolute Gasteiger partial charge is 0.419 e. The SMILES string of the molecule is CNC(=O)c1ccccc1Nc1cc(Nc2cc(C)c(N3CCC(N(C)Cc4cccc5c4CN(C4CCC(=O)NC4=O)C5=O)CC3)cc2OC(C)C)ncc1C(F)(F)F. The lowest BCUT2D eigenvalue weighted by atomic mass is 9.99. The number of aromatic nitrogens is 1. The highest BCUT2D eigenvalue weighted by atomic mass is 19.4. The van der Waals surface area contributed by atoms with Crippen LogP contribution in [0.3, 0.4) is 0 Å². The topological polar surface area (TPSA) is 148 Å². The van der Waals surface area contributed by atoms with Crippen molar-refractivity contribution >= 4 is 52.2 Å². The molecular formula is C44H49F3N8O5. The van der Waals surface area contributed by atoms with Crippen molar-refractivity contribution in [1.82, 2.24) is 25.4 Å². The Balaban J connectivity index is 1.05. The summed E-state index contributed by atoms with van der Waals surface area (Å²) in [6, 6.07) is 16.8. The van der Waals surface area contributed by atoms with Gasteiger partial charge in [0, 0.05) is 75.3 Å². The normalized spacial score (nSPS) is 17.2. The molecule has 4 amide bonds. The predicted molar refractivity (Wildman–Crippen MR) is 222 cm³/mol. The van der Waals surface area contributed by atoms with Crippen molar-refractivity contribution in [2.45, 2.75) is 83.9 Å². The molecule has 0 saturated carbocycles. The molecule has 0 aliphatic carbocycles. The van der Waals surface area contributed by atoms with E-state index in [0.717, 1.165) is 54.5 Å². The molecule has 2 saturated heterocycles. The van der Waals surface area contributed by atoms with Crippen LogP contribution in [0.2, 0.25) is 0 Å². The van der Waals surface area contributed by atoms with Gasteiger partial charge in [-0.15, -0.1) is 0 Å². The van der Waals surface area contributed by atoms with Gasteiger partial charge in [0.2, 0.25) is 11.8 Å². The Morgan fingerprint density at radius 1 is 0.983 bits per heavy atom. The molecule has 0 radical (unpaired) electrons. The summed E-state index contributed by atoms with van der Waals surface area (Å²) >= 11 is 0. The molecule has 4 N–H and O–H groups in total. The van der Waals surface area contributed by atoms with E-state index in [9.17, 15) is 32.3 Å². The predicted octanol–water partition coefficient (Wildman–Crippen LogP) is 6.90. The van der Waals surface area contributed by atoms with Crippen molar-refractivity contribution in [3.05, 3.63) is 100 Å². The molecule has 2 fully saturated rings. The van der Waals surface area contributed by atoms with Gasteiger partial charge in [0.25, 0.3) is 11.8 Å². The number of nitrogens with zero attached hydrogens (tertiary/aromatic N) is 4. The summed E-state index contributed by atoms with van der Waals surface area (Å²) in [5, 5.41) is 10.9.